The number of rotatable bonds is 10. The molecule has 19 nitrogen and oxygen atoms in total. The van der Waals surface area contributed by atoms with E-state index in [0.29, 0.717) is 11.3 Å². The van der Waals surface area contributed by atoms with Crippen molar-refractivity contribution in [3.8, 4) is 28.6 Å². The Labute approximate surface area is 300 Å². The molecule has 0 bridgehead atoms. The van der Waals surface area contributed by atoms with Gasteiger partial charge in [0.2, 0.25) is 6.29 Å². The summed E-state index contributed by atoms with van der Waals surface area (Å²) in [6.45, 7) is 0.0222. The van der Waals surface area contributed by atoms with Gasteiger partial charge in [0, 0.05) is 23.8 Å². The fraction of sp³-hybridized carbons (Fsp3) is 0.559. The summed E-state index contributed by atoms with van der Waals surface area (Å²) in [5, 5.41) is 104. The van der Waals surface area contributed by atoms with E-state index >= 15 is 0 Å². The molecule has 6 rings (SSSR count). The van der Waals surface area contributed by atoms with Crippen molar-refractivity contribution in [1.82, 2.24) is 0 Å². The van der Waals surface area contributed by atoms with E-state index in [2.05, 4.69) is 0 Å². The van der Waals surface area contributed by atoms with Crippen molar-refractivity contribution in [3.05, 3.63) is 52.7 Å². The monoisotopic (exact) mass is 754 g/mol. The van der Waals surface area contributed by atoms with Crippen LogP contribution in [-0.2, 0) is 23.7 Å². The molecule has 15 atom stereocenters. The lowest BCUT2D eigenvalue weighted by atomic mass is 9.97. The maximum atomic E-state index is 12.9. The second-order valence-corrected chi connectivity index (χ2v) is 13.0. The quantitative estimate of drug-likeness (QED) is 0.0988. The minimum Gasteiger partial charge on any atom is -0.507 e. The van der Waals surface area contributed by atoms with Crippen molar-refractivity contribution >= 4 is 11.0 Å². The number of hydrogen-bond donors (Lipinski definition) is 10. The summed E-state index contributed by atoms with van der Waals surface area (Å²) >= 11 is 0. The molecule has 3 aliphatic heterocycles. The summed E-state index contributed by atoms with van der Waals surface area (Å²) in [4.78, 5) is 12.9. The average molecular weight is 755 g/mol. The molecule has 4 heterocycles. The molecule has 0 spiro atoms. The summed E-state index contributed by atoms with van der Waals surface area (Å²) in [6, 6.07) is 10.2. The Balaban J connectivity index is 1.19. The lowest BCUT2D eigenvalue weighted by Crippen LogP contribution is -2.64. The molecule has 3 aromatic rings. The number of aliphatic hydroxyl groups is 9. The van der Waals surface area contributed by atoms with E-state index in [1.165, 1.54) is 26.2 Å². The smallest absolute Gasteiger partial charge is 0.229 e. The summed E-state index contributed by atoms with van der Waals surface area (Å²) in [6.07, 6.45) is -24.6. The van der Waals surface area contributed by atoms with Crippen LogP contribution in [0, 0.1) is 0 Å². The van der Waals surface area contributed by atoms with Gasteiger partial charge in [-0.25, -0.2) is 0 Å². The third-order valence-electron chi connectivity index (χ3n) is 9.43. The predicted octanol–water partition coefficient (Wildman–Crippen LogP) is -2.97. The third-order valence-corrected chi connectivity index (χ3v) is 9.43. The number of benzene rings is 2. The Hall–Kier alpha value is -3.51. The van der Waals surface area contributed by atoms with Crippen LogP contribution in [0.5, 0.6) is 17.2 Å². The van der Waals surface area contributed by atoms with E-state index in [1.54, 1.807) is 24.3 Å². The summed E-state index contributed by atoms with van der Waals surface area (Å²) in [7, 11) is 1.50. The Morgan fingerprint density at radius 2 is 1.34 bits per heavy atom. The largest absolute Gasteiger partial charge is 0.507 e. The number of ether oxygens (including phenoxy) is 7. The maximum absolute atomic E-state index is 12.9. The number of aromatic hydroxyl groups is 1. The van der Waals surface area contributed by atoms with Crippen molar-refractivity contribution < 1.29 is 88.6 Å². The molecule has 0 radical (unpaired) electrons. The van der Waals surface area contributed by atoms with Gasteiger partial charge in [-0.15, -0.1) is 0 Å². The van der Waals surface area contributed by atoms with Crippen molar-refractivity contribution in [1.29, 1.82) is 0 Å². The first-order valence-electron chi connectivity index (χ1n) is 16.6. The van der Waals surface area contributed by atoms with E-state index in [-0.39, 0.29) is 22.5 Å². The summed E-state index contributed by atoms with van der Waals surface area (Å²) in [5.74, 6) is 0.0581. The van der Waals surface area contributed by atoms with Gasteiger partial charge in [-0.1, -0.05) is 0 Å². The molecule has 3 aliphatic rings. The minimum atomic E-state index is -1.87. The normalized spacial score (nSPS) is 37.8. The SMILES string of the molecule is COc1ccc(-c2cc(=O)c3c(O)cc(OC4OC(COC5OC(C)C(O)C(O)C5OC5OC(CO)C(O)C(O)C5O)C(O)C(O)C4O)cc3o2)cc1. The zero-order chi connectivity index (χ0) is 38.3. The minimum absolute atomic E-state index is 0.0844. The highest BCUT2D eigenvalue weighted by molar-refractivity contribution is 5.86. The topological polar surface area (TPSA) is 297 Å². The Kier molecular flexibility index (Phi) is 11.9. The van der Waals surface area contributed by atoms with Crippen molar-refractivity contribution in [2.75, 3.05) is 20.3 Å². The van der Waals surface area contributed by atoms with Gasteiger partial charge in [-0.2, -0.15) is 0 Å². The first kappa shape index (κ1) is 39.2. The van der Waals surface area contributed by atoms with Crippen LogP contribution in [0.1, 0.15) is 6.92 Å². The summed E-state index contributed by atoms with van der Waals surface area (Å²) in [5.41, 5.74) is -0.115. The molecule has 53 heavy (non-hydrogen) atoms. The molecule has 0 amide bonds. The number of phenols is 1. The van der Waals surface area contributed by atoms with E-state index in [0.717, 1.165) is 6.07 Å². The van der Waals surface area contributed by atoms with Crippen LogP contribution < -0.4 is 14.9 Å². The zero-order valence-corrected chi connectivity index (χ0v) is 28.3. The number of hydrogen-bond acceptors (Lipinski definition) is 19. The predicted molar refractivity (Wildman–Crippen MR) is 174 cm³/mol. The van der Waals surface area contributed by atoms with E-state index < -0.39 is 117 Å². The molecule has 0 aliphatic carbocycles. The number of fused-ring (bicyclic) bond motifs is 1. The van der Waals surface area contributed by atoms with Crippen LogP contribution in [-0.4, -0.2) is 164 Å². The third kappa shape index (κ3) is 7.86. The van der Waals surface area contributed by atoms with Crippen LogP contribution in [0.15, 0.2) is 51.7 Å². The molecular formula is C34H42O19. The maximum Gasteiger partial charge on any atom is 0.229 e. The van der Waals surface area contributed by atoms with Crippen molar-refractivity contribution in [2.45, 2.75) is 99.0 Å². The van der Waals surface area contributed by atoms with Crippen molar-refractivity contribution in [3.63, 3.8) is 0 Å². The Morgan fingerprint density at radius 1 is 0.698 bits per heavy atom. The molecule has 0 saturated carbocycles. The Bertz CT molecular complexity index is 1750. The molecule has 2 aromatic carbocycles. The molecule has 3 fully saturated rings. The van der Waals surface area contributed by atoms with Gasteiger partial charge >= 0.3 is 0 Å². The van der Waals surface area contributed by atoms with Crippen LogP contribution in [0.2, 0.25) is 0 Å². The van der Waals surface area contributed by atoms with Gasteiger partial charge in [0.25, 0.3) is 0 Å². The molecule has 3 saturated heterocycles. The molecule has 15 unspecified atom stereocenters. The first-order chi connectivity index (χ1) is 25.2. The second kappa shape index (κ2) is 16.1. The average Bonchev–Trinajstić information content (AvgIpc) is 3.14. The molecular weight excluding hydrogens is 712 g/mol. The number of phenolic OH excluding ortho intramolecular Hbond substituents is 1. The van der Waals surface area contributed by atoms with Gasteiger partial charge in [-0.3, -0.25) is 4.79 Å². The highest BCUT2D eigenvalue weighted by Crippen LogP contribution is 2.35. The van der Waals surface area contributed by atoms with Gasteiger partial charge in [0.15, 0.2) is 18.0 Å². The zero-order valence-electron chi connectivity index (χ0n) is 28.3. The van der Waals surface area contributed by atoms with Gasteiger partial charge in [0.05, 0.1) is 26.4 Å². The standard InChI is InChI=1S/C34H42O19/c1-12-23(38)28(43)31(53-33-30(45)26(41)24(39)20(10-35)51-33)34(48-12)47-11-21-25(40)27(42)29(44)32(52-21)49-15-7-16(36)22-17(37)9-18(50-19(22)8-15)13-3-5-14(46-2)6-4-13/h3-9,12,20-21,23-36,38-45H,10-11H2,1-2H3. The lowest BCUT2D eigenvalue weighted by Gasteiger charge is -2.46. The van der Waals surface area contributed by atoms with Gasteiger partial charge in [0.1, 0.15) is 101 Å². The van der Waals surface area contributed by atoms with Crippen LogP contribution in [0.3, 0.4) is 0 Å². The fourth-order valence-corrected chi connectivity index (χ4v) is 6.30. The van der Waals surface area contributed by atoms with E-state index in [4.69, 9.17) is 37.6 Å². The Morgan fingerprint density at radius 3 is 2.00 bits per heavy atom. The highest BCUT2D eigenvalue weighted by atomic mass is 16.8. The molecule has 10 N–H and O–H groups in total. The number of aliphatic hydroxyl groups excluding tert-OH is 9. The van der Waals surface area contributed by atoms with Crippen molar-refractivity contribution in [2.24, 2.45) is 0 Å². The van der Waals surface area contributed by atoms with E-state index in [1.807, 2.05) is 0 Å². The summed E-state index contributed by atoms with van der Waals surface area (Å²) < 4.78 is 45.0. The molecule has 19 heteroatoms. The molecule has 292 valence electrons. The van der Waals surface area contributed by atoms with Crippen LogP contribution >= 0.6 is 0 Å². The van der Waals surface area contributed by atoms with Crippen LogP contribution in [0.25, 0.3) is 22.3 Å². The van der Waals surface area contributed by atoms with Crippen LogP contribution in [0.4, 0.5) is 0 Å². The lowest BCUT2D eigenvalue weighted by molar-refractivity contribution is -0.369. The fourth-order valence-electron chi connectivity index (χ4n) is 6.30. The second-order valence-electron chi connectivity index (χ2n) is 13.0. The molecule has 1 aromatic heterocycles. The first-order valence-corrected chi connectivity index (χ1v) is 16.6. The van der Waals surface area contributed by atoms with Gasteiger partial charge < -0.3 is 88.6 Å². The number of methoxy groups -OCH3 is 1. The van der Waals surface area contributed by atoms with Gasteiger partial charge in [-0.05, 0) is 31.2 Å². The highest BCUT2D eigenvalue weighted by Gasteiger charge is 2.51. The van der Waals surface area contributed by atoms with E-state index in [9.17, 15) is 55.9 Å².